The lowest BCUT2D eigenvalue weighted by Gasteiger charge is -2.35. The van der Waals surface area contributed by atoms with E-state index in [4.69, 9.17) is 0 Å². The summed E-state index contributed by atoms with van der Waals surface area (Å²) in [7, 11) is 2.18. The fourth-order valence-electron chi connectivity index (χ4n) is 2.87. The van der Waals surface area contributed by atoms with Crippen molar-refractivity contribution in [3.8, 4) is 0 Å². The lowest BCUT2D eigenvalue weighted by atomic mass is 9.88. The minimum atomic E-state index is 0.557. The molecular formula is C11H20N2O. The van der Waals surface area contributed by atoms with Gasteiger partial charge in [0.15, 0.2) is 0 Å². The predicted molar refractivity (Wildman–Crippen MR) is 56.0 cm³/mol. The minimum Gasteiger partial charge on any atom is -0.342 e. The molecule has 2 aliphatic heterocycles. The van der Waals surface area contributed by atoms with E-state index < -0.39 is 0 Å². The maximum atomic E-state index is 10.8. The van der Waals surface area contributed by atoms with Crippen LogP contribution in [0.3, 0.4) is 0 Å². The second kappa shape index (κ2) is 4.30. The van der Waals surface area contributed by atoms with Gasteiger partial charge in [-0.25, -0.2) is 0 Å². The Morgan fingerprint density at radius 3 is 2.50 bits per heavy atom. The first-order chi connectivity index (χ1) is 6.81. The van der Waals surface area contributed by atoms with E-state index in [2.05, 4.69) is 11.9 Å². The van der Waals surface area contributed by atoms with Gasteiger partial charge in [0.2, 0.25) is 6.41 Å². The van der Waals surface area contributed by atoms with Gasteiger partial charge in [0.05, 0.1) is 0 Å². The first-order valence-electron chi connectivity index (χ1n) is 5.71. The molecule has 0 saturated carbocycles. The number of hydrogen-bond donors (Lipinski definition) is 0. The molecule has 0 aromatic carbocycles. The molecule has 0 aliphatic carbocycles. The first-order valence-corrected chi connectivity index (χ1v) is 5.71. The minimum absolute atomic E-state index is 0.557. The molecule has 0 radical (unpaired) electrons. The Balaban J connectivity index is 1.91. The van der Waals surface area contributed by atoms with E-state index in [1.54, 1.807) is 0 Å². The third-order valence-corrected chi connectivity index (χ3v) is 3.78. The second-order valence-electron chi connectivity index (χ2n) is 4.69. The van der Waals surface area contributed by atoms with Crippen LogP contribution in [-0.2, 0) is 4.79 Å². The number of amides is 1. The molecule has 2 heterocycles. The van der Waals surface area contributed by atoms with Crippen molar-refractivity contribution < 1.29 is 4.79 Å². The van der Waals surface area contributed by atoms with Gasteiger partial charge in [0, 0.05) is 12.6 Å². The van der Waals surface area contributed by atoms with E-state index >= 15 is 0 Å². The van der Waals surface area contributed by atoms with Crippen molar-refractivity contribution in [3.63, 3.8) is 0 Å². The van der Waals surface area contributed by atoms with E-state index in [9.17, 15) is 4.79 Å². The van der Waals surface area contributed by atoms with Crippen molar-refractivity contribution in [2.75, 3.05) is 26.7 Å². The van der Waals surface area contributed by atoms with Crippen molar-refractivity contribution in [1.29, 1.82) is 0 Å². The predicted octanol–water partition coefficient (Wildman–Crippen LogP) is 0.949. The molecule has 2 fully saturated rings. The maximum absolute atomic E-state index is 10.8. The molecule has 0 N–H and O–H groups in total. The normalized spacial score (nSPS) is 30.9. The van der Waals surface area contributed by atoms with Crippen LogP contribution in [0.25, 0.3) is 0 Å². The number of rotatable bonds is 2. The second-order valence-corrected chi connectivity index (χ2v) is 4.69. The molecule has 2 rings (SSSR count). The molecule has 80 valence electrons. The number of nitrogens with zero attached hydrogens (tertiary/aromatic N) is 2. The van der Waals surface area contributed by atoms with Crippen LogP contribution < -0.4 is 0 Å². The molecule has 3 nitrogen and oxygen atoms in total. The Morgan fingerprint density at radius 1 is 1.14 bits per heavy atom. The zero-order valence-electron chi connectivity index (χ0n) is 8.98. The summed E-state index contributed by atoms with van der Waals surface area (Å²) in [6, 6.07) is 0.557. The van der Waals surface area contributed by atoms with Crippen LogP contribution in [0.1, 0.15) is 25.7 Å². The molecule has 1 atom stereocenters. The number of carbonyl (C=O) groups excluding carboxylic acids is 1. The van der Waals surface area contributed by atoms with Crippen molar-refractivity contribution in [3.05, 3.63) is 0 Å². The topological polar surface area (TPSA) is 23.6 Å². The zero-order valence-corrected chi connectivity index (χ0v) is 8.98. The number of likely N-dealkylation sites (tertiary alicyclic amines) is 2. The molecule has 1 unspecified atom stereocenters. The van der Waals surface area contributed by atoms with Crippen LogP contribution in [0.15, 0.2) is 0 Å². The average molecular weight is 196 g/mol. The van der Waals surface area contributed by atoms with Crippen LogP contribution >= 0.6 is 0 Å². The maximum Gasteiger partial charge on any atom is 0.209 e. The Labute approximate surface area is 86.1 Å². The van der Waals surface area contributed by atoms with Gasteiger partial charge in [-0.05, 0) is 51.7 Å². The zero-order chi connectivity index (χ0) is 9.97. The molecular weight excluding hydrogens is 176 g/mol. The van der Waals surface area contributed by atoms with E-state index in [-0.39, 0.29) is 0 Å². The van der Waals surface area contributed by atoms with Gasteiger partial charge >= 0.3 is 0 Å². The summed E-state index contributed by atoms with van der Waals surface area (Å²) in [5.74, 6) is 0.763. The summed E-state index contributed by atoms with van der Waals surface area (Å²) < 4.78 is 0. The van der Waals surface area contributed by atoms with Gasteiger partial charge in [-0.3, -0.25) is 4.79 Å². The summed E-state index contributed by atoms with van der Waals surface area (Å²) in [5, 5.41) is 0. The third kappa shape index (κ3) is 1.92. The summed E-state index contributed by atoms with van der Waals surface area (Å²) in [6.45, 7) is 3.39. The molecule has 0 aromatic rings. The van der Waals surface area contributed by atoms with Gasteiger partial charge in [0.25, 0.3) is 0 Å². The molecule has 3 heteroatoms. The molecule has 0 bridgehead atoms. The van der Waals surface area contributed by atoms with E-state index in [0.29, 0.717) is 6.04 Å². The highest BCUT2D eigenvalue weighted by Crippen LogP contribution is 2.29. The Morgan fingerprint density at radius 2 is 1.86 bits per heavy atom. The van der Waals surface area contributed by atoms with Crippen molar-refractivity contribution >= 4 is 6.41 Å². The SMILES string of the molecule is CN1CCC(C2CCCN2C=O)CC1. The first kappa shape index (κ1) is 9.97. The standard InChI is InChI=1S/C11H20N2O/c1-12-7-4-10(5-8-12)11-3-2-6-13(11)9-14/h9-11H,2-8H2,1H3. The summed E-state index contributed by atoms with van der Waals surface area (Å²) in [4.78, 5) is 15.2. The van der Waals surface area contributed by atoms with Gasteiger partial charge < -0.3 is 9.80 Å². The summed E-state index contributed by atoms with van der Waals surface area (Å²) in [5.41, 5.74) is 0. The molecule has 0 aromatic heterocycles. The molecule has 14 heavy (non-hydrogen) atoms. The van der Waals surface area contributed by atoms with Crippen LogP contribution in [-0.4, -0.2) is 48.9 Å². The smallest absolute Gasteiger partial charge is 0.209 e. The van der Waals surface area contributed by atoms with Gasteiger partial charge in [-0.1, -0.05) is 0 Å². The quantitative estimate of drug-likeness (QED) is 0.614. The van der Waals surface area contributed by atoms with E-state index in [1.807, 2.05) is 4.90 Å². The Hall–Kier alpha value is -0.570. The summed E-state index contributed by atoms with van der Waals surface area (Å²) >= 11 is 0. The highest BCUT2D eigenvalue weighted by Gasteiger charge is 2.32. The number of carbonyl (C=O) groups is 1. The largest absolute Gasteiger partial charge is 0.342 e. The fraction of sp³-hybridized carbons (Fsp3) is 0.909. The van der Waals surface area contributed by atoms with Gasteiger partial charge in [-0.15, -0.1) is 0 Å². The molecule has 1 amide bonds. The molecule has 0 spiro atoms. The summed E-state index contributed by atoms with van der Waals surface area (Å²) in [6.07, 6.45) is 6.02. The third-order valence-electron chi connectivity index (χ3n) is 3.78. The Bertz CT molecular complexity index is 199. The van der Waals surface area contributed by atoms with Crippen LogP contribution in [0, 0.1) is 5.92 Å². The van der Waals surface area contributed by atoms with Crippen LogP contribution in [0.5, 0.6) is 0 Å². The number of hydrogen-bond acceptors (Lipinski definition) is 2. The Kier molecular flexibility index (Phi) is 3.06. The van der Waals surface area contributed by atoms with Gasteiger partial charge in [0.1, 0.15) is 0 Å². The highest BCUT2D eigenvalue weighted by molar-refractivity contribution is 5.48. The van der Waals surface area contributed by atoms with Gasteiger partial charge in [-0.2, -0.15) is 0 Å². The molecule has 2 saturated heterocycles. The lowest BCUT2D eigenvalue weighted by Crippen LogP contribution is -2.41. The van der Waals surface area contributed by atoms with Crippen LogP contribution in [0.2, 0.25) is 0 Å². The van der Waals surface area contributed by atoms with Crippen molar-refractivity contribution in [2.24, 2.45) is 5.92 Å². The lowest BCUT2D eigenvalue weighted by molar-refractivity contribution is -0.120. The fourth-order valence-corrected chi connectivity index (χ4v) is 2.87. The van der Waals surface area contributed by atoms with Crippen LogP contribution in [0.4, 0.5) is 0 Å². The molecule has 2 aliphatic rings. The van der Waals surface area contributed by atoms with E-state index in [1.165, 1.54) is 38.8 Å². The van der Waals surface area contributed by atoms with E-state index in [0.717, 1.165) is 18.9 Å². The average Bonchev–Trinajstić information content (AvgIpc) is 2.67. The number of piperidine rings is 1. The van der Waals surface area contributed by atoms with Crippen molar-refractivity contribution in [1.82, 2.24) is 9.80 Å². The highest BCUT2D eigenvalue weighted by atomic mass is 16.1. The van der Waals surface area contributed by atoms with Crippen molar-refractivity contribution in [2.45, 2.75) is 31.7 Å². The monoisotopic (exact) mass is 196 g/mol.